The number of aromatic nitrogens is 1. The number of fused-ring (bicyclic) bond motifs is 1. The molecule has 1 aliphatic heterocycles. The van der Waals surface area contributed by atoms with E-state index in [1.165, 1.54) is 0 Å². The minimum absolute atomic E-state index is 0.000597. The number of nitrogens with zero attached hydrogens (tertiary/aromatic N) is 2. The number of benzene rings is 1. The Balaban J connectivity index is 1.43. The lowest BCUT2D eigenvalue weighted by Gasteiger charge is -2.34. The van der Waals surface area contributed by atoms with Gasteiger partial charge >= 0.3 is 0 Å². The Bertz CT molecular complexity index is 866. The van der Waals surface area contributed by atoms with E-state index in [4.69, 9.17) is 0 Å². The van der Waals surface area contributed by atoms with E-state index >= 15 is 0 Å². The first-order chi connectivity index (χ1) is 14.0. The highest BCUT2D eigenvalue weighted by molar-refractivity contribution is 6.06. The maximum atomic E-state index is 12.9. The molecule has 156 valence electrons. The number of hydrogen-bond donors (Lipinski definition) is 2. The summed E-state index contributed by atoms with van der Waals surface area (Å²) < 4.78 is 0. The van der Waals surface area contributed by atoms with E-state index in [0.717, 1.165) is 10.9 Å². The van der Waals surface area contributed by atoms with Crippen molar-refractivity contribution in [2.75, 3.05) is 32.7 Å². The van der Waals surface area contributed by atoms with Gasteiger partial charge in [0.2, 0.25) is 11.8 Å². The Labute approximate surface area is 171 Å². The van der Waals surface area contributed by atoms with Crippen LogP contribution >= 0.6 is 0 Å². The Morgan fingerprint density at radius 2 is 1.72 bits per heavy atom. The van der Waals surface area contributed by atoms with Crippen LogP contribution in [0.15, 0.2) is 30.5 Å². The molecule has 0 radical (unpaired) electrons. The SMILES string of the molecule is CC(C)CNC(=O)CCCC(=O)N1CCN(C(=O)c2c[nH]c3ccccc23)CC1. The van der Waals surface area contributed by atoms with Gasteiger partial charge in [0.25, 0.3) is 5.91 Å². The largest absolute Gasteiger partial charge is 0.360 e. The summed E-state index contributed by atoms with van der Waals surface area (Å²) >= 11 is 0. The predicted molar refractivity (Wildman–Crippen MR) is 112 cm³/mol. The number of para-hydroxylation sites is 1. The molecule has 1 aromatic carbocycles. The molecular weight excluding hydrogens is 368 g/mol. The van der Waals surface area contributed by atoms with Crippen molar-refractivity contribution in [2.24, 2.45) is 5.92 Å². The minimum atomic E-state index is -0.00336. The number of carbonyl (C=O) groups excluding carboxylic acids is 3. The number of H-pyrrole nitrogens is 1. The van der Waals surface area contributed by atoms with Gasteiger partial charge in [-0.1, -0.05) is 32.0 Å². The van der Waals surface area contributed by atoms with Gasteiger partial charge in [-0.25, -0.2) is 0 Å². The summed E-state index contributed by atoms with van der Waals surface area (Å²) in [7, 11) is 0. The molecule has 2 heterocycles. The highest BCUT2D eigenvalue weighted by atomic mass is 16.2. The van der Waals surface area contributed by atoms with Crippen LogP contribution in [0.3, 0.4) is 0 Å². The first kappa shape index (κ1) is 20.9. The molecule has 1 aliphatic rings. The maximum absolute atomic E-state index is 12.9. The van der Waals surface area contributed by atoms with E-state index in [1.807, 2.05) is 38.1 Å². The fraction of sp³-hybridized carbons (Fsp3) is 0.500. The first-order valence-corrected chi connectivity index (χ1v) is 10.4. The van der Waals surface area contributed by atoms with Gasteiger partial charge in [0.1, 0.15) is 0 Å². The molecule has 1 aromatic heterocycles. The second-order valence-corrected chi connectivity index (χ2v) is 7.97. The molecule has 0 saturated carbocycles. The molecule has 1 saturated heterocycles. The number of carbonyl (C=O) groups is 3. The standard InChI is InChI=1S/C22H30N4O3/c1-16(2)14-24-20(27)8-5-9-21(28)25-10-12-26(13-11-25)22(29)18-15-23-19-7-4-3-6-17(18)19/h3-4,6-7,15-16,23H,5,8-14H2,1-2H3,(H,24,27). The van der Waals surface area contributed by atoms with Crippen LogP contribution in [-0.2, 0) is 9.59 Å². The third-order valence-electron chi connectivity index (χ3n) is 5.24. The van der Waals surface area contributed by atoms with Crippen LogP contribution in [0.4, 0.5) is 0 Å². The number of rotatable bonds is 7. The summed E-state index contributed by atoms with van der Waals surface area (Å²) in [4.78, 5) is 43.8. The number of amides is 3. The fourth-order valence-electron chi connectivity index (χ4n) is 3.54. The summed E-state index contributed by atoms with van der Waals surface area (Å²) in [5.74, 6) is 0.474. The average molecular weight is 399 g/mol. The van der Waals surface area contributed by atoms with E-state index < -0.39 is 0 Å². The summed E-state index contributed by atoms with van der Waals surface area (Å²) in [6, 6.07) is 7.75. The molecule has 2 aromatic rings. The molecule has 0 bridgehead atoms. The van der Waals surface area contributed by atoms with Crippen molar-refractivity contribution in [2.45, 2.75) is 33.1 Å². The molecule has 3 rings (SSSR count). The van der Waals surface area contributed by atoms with Gasteiger partial charge in [0.05, 0.1) is 5.56 Å². The molecule has 2 N–H and O–H groups in total. The monoisotopic (exact) mass is 398 g/mol. The highest BCUT2D eigenvalue weighted by Crippen LogP contribution is 2.20. The molecule has 3 amide bonds. The van der Waals surface area contributed by atoms with Crippen molar-refractivity contribution in [1.82, 2.24) is 20.1 Å². The maximum Gasteiger partial charge on any atom is 0.256 e. The summed E-state index contributed by atoms with van der Waals surface area (Å²) in [5, 5.41) is 3.79. The molecule has 29 heavy (non-hydrogen) atoms. The van der Waals surface area contributed by atoms with Crippen LogP contribution in [0.1, 0.15) is 43.5 Å². The third-order valence-corrected chi connectivity index (χ3v) is 5.24. The zero-order valence-corrected chi connectivity index (χ0v) is 17.2. The first-order valence-electron chi connectivity index (χ1n) is 10.4. The second-order valence-electron chi connectivity index (χ2n) is 7.97. The zero-order chi connectivity index (χ0) is 20.8. The molecule has 0 aliphatic carbocycles. The van der Waals surface area contributed by atoms with Gasteiger partial charge in [-0.2, -0.15) is 0 Å². The van der Waals surface area contributed by atoms with Gasteiger partial charge in [-0.3, -0.25) is 14.4 Å². The Morgan fingerprint density at radius 3 is 2.45 bits per heavy atom. The highest BCUT2D eigenvalue weighted by Gasteiger charge is 2.26. The van der Waals surface area contributed by atoms with Crippen molar-refractivity contribution >= 4 is 28.6 Å². The van der Waals surface area contributed by atoms with Crippen molar-refractivity contribution in [3.63, 3.8) is 0 Å². The lowest BCUT2D eigenvalue weighted by atomic mass is 10.1. The van der Waals surface area contributed by atoms with Crippen LogP contribution < -0.4 is 5.32 Å². The van der Waals surface area contributed by atoms with Gasteiger partial charge in [-0.05, 0) is 18.4 Å². The van der Waals surface area contributed by atoms with Crippen molar-refractivity contribution < 1.29 is 14.4 Å². The Kier molecular flexibility index (Phi) is 6.90. The van der Waals surface area contributed by atoms with E-state index in [0.29, 0.717) is 63.5 Å². The smallest absolute Gasteiger partial charge is 0.256 e. The van der Waals surface area contributed by atoms with Crippen molar-refractivity contribution in [3.8, 4) is 0 Å². The Hall–Kier alpha value is -2.83. The second kappa shape index (κ2) is 9.58. The number of aromatic amines is 1. The summed E-state index contributed by atoms with van der Waals surface area (Å²) in [5.41, 5.74) is 1.62. The third kappa shape index (κ3) is 5.37. The van der Waals surface area contributed by atoms with E-state index in [1.54, 1.807) is 16.0 Å². The van der Waals surface area contributed by atoms with E-state index in [-0.39, 0.29) is 17.7 Å². The molecule has 7 nitrogen and oxygen atoms in total. The van der Waals surface area contributed by atoms with E-state index in [2.05, 4.69) is 10.3 Å². The van der Waals surface area contributed by atoms with Crippen LogP contribution in [0.5, 0.6) is 0 Å². The molecule has 0 atom stereocenters. The minimum Gasteiger partial charge on any atom is -0.360 e. The van der Waals surface area contributed by atoms with Crippen LogP contribution in [0.25, 0.3) is 10.9 Å². The van der Waals surface area contributed by atoms with Gasteiger partial charge in [0.15, 0.2) is 0 Å². The van der Waals surface area contributed by atoms with Crippen LogP contribution in [0.2, 0.25) is 0 Å². The topological polar surface area (TPSA) is 85.5 Å². The lowest BCUT2D eigenvalue weighted by molar-refractivity contribution is -0.132. The molecule has 1 fully saturated rings. The van der Waals surface area contributed by atoms with Gasteiger partial charge in [0, 0.05) is 62.7 Å². The van der Waals surface area contributed by atoms with Crippen molar-refractivity contribution in [3.05, 3.63) is 36.0 Å². The summed E-state index contributed by atoms with van der Waals surface area (Å²) in [6.45, 7) is 6.88. The normalized spacial score (nSPS) is 14.4. The van der Waals surface area contributed by atoms with Crippen LogP contribution in [-0.4, -0.2) is 65.2 Å². The molecule has 0 spiro atoms. The Morgan fingerprint density at radius 1 is 1.03 bits per heavy atom. The summed E-state index contributed by atoms with van der Waals surface area (Å²) in [6.07, 6.45) is 3.05. The quantitative estimate of drug-likeness (QED) is 0.751. The molecular formula is C22H30N4O3. The number of hydrogen-bond acceptors (Lipinski definition) is 3. The molecule has 0 unspecified atom stereocenters. The van der Waals surface area contributed by atoms with Crippen LogP contribution in [0, 0.1) is 5.92 Å². The van der Waals surface area contributed by atoms with Gasteiger partial charge < -0.3 is 20.1 Å². The number of nitrogens with one attached hydrogen (secondary N) is 2. The predicted octanol–water partition coefficient (Wildman–Crippen LogP) is 2.39. The fourth-order valence-corrected chi connectivity index (χ4v) is 3.54. The zero-order valence-electron chi connectivity index (χ0n) is 17.2. The van der Waals surface area contributed by atoms with E-state index in [9.17, 15) is 14.4 Å². The molecule has 7 heteroatoms. The lowest BCUT2D eigenvalue weighted by Crippen LogP contribution is -2.50. The van der Waals surface area contributed by atoms with Gasteiger partial charge in [-0.15, -0.1) is 0 Å². The van der Waals surface area contributed by atoms with Crippen molar-refractivity contribution in [1.29, 1.82) is 0 Å². The number of piperazine rings is 1. The average Bonchev–Trinajstić information content (AvgIpc) is 3.16.